The molecular formula is C14H10ClN5O. The van der Waals surface area contributed by atoms with Gasteiger partial charge in [0.15, 0.2) is 11.5 Å². The average molecular weight is 300 g/mol. The van der Waals surface area contributed by atoms with Crippen LogP contribution in [0.5, 0.6) is 0 Å². The number of para-hydroxylation sites is 1. The maximum atomic E-state index is 12.1. The molecule has 3 aromatic rings. The highest BCUT2D eigenvalue weighted by molar-refractivity contribution is 6.33. The number of amides is 1. The molecule has 6 nitrogen and oxygen atoms in total. The molecule has 7 heteroatoms. The molecule has 3 rings (SSSR count). The van der Waals surface area contributed by atoms with Gasteiger partial charge >= 0.3 is 0 Å². The Morgan fingerprint density at radius 1 is 1.10 bits per heavy atom. The molecule has 104 valence electrons. The van der Waals surface area contributed by atoms with Crippen molar-refractivity contribution in [3.8, 4) is 5.82 Å². The zero-order chi connectivity index (χ0) is 14.7. The van der Waals surface area contributed by atoms with Crippen molar-refractivity contribution in [2.75, 3.05) is 5.32 Å². The van der Waals surface area contributed by atoms with E-state index in [9.17, 15) is 4.79 Å². The van der Waals surface area contributed by atoms with Crippen molar-refractivity contribution < 1.29 is 4.79 Å². The minimum Gasteiger partial charge on any atom is -0.319 e. The van der Waals surface area contributed by atoms with Crippen LogP contribution in [0, 0.1) is 0 Å². The maximum Gasteiger partial charge on any atom is 0.276 e. The fourth-order valence-corrected chi connectivity index (χ4v) is 1.90. The van der Waals surface area contributed by atoms with Crippen molar-refractivity contribution in [1.29, 1.82) is 0 Å². The van der Waals surface area contributed by atoms with E-state index >= 15 is 0 Å². The average Bonchev–Trinajstić information content (AvgIpc) is 3.04. The Morgan fingerprint density at radius 3 is 2.62 bits per heavy atom. The Labute approximate surface area is 125 Å². The van der Waals surface area contributed by atoms with Crippen molar-refractivity contribution in [3.05, 3.63) is 65.6 Å². The monoisotopic (exact) mass is 299 g/mol. The van der Waals surface area contributed by atoms with Gasteiger partial charge in [0.1, 0.15) is 0 Å². The number of rotatable bonds is 3. The van der Waals surface area contributed by atoms with Gasteiger partial charge in [0.2, 0.25) is 0 Å². The lowest BCUT2D eigenvalue weighted by Crippen LogP contribution is -2.15. The predicted octanol–water partition coefficient (Wildman–Crippen LogP) is 2.57. The number of hydrogen-bond acceptors (Lipinski definition) is 4. The summed E-state index contributed by atoms with van der Waals surface area (Å²) in [5.74, 6) is 0.164. The second-order valence-corrected chi connectivity index (χ2v) is 4.57. The van der Waals surface area contributed by atoms with Gasteiger partial charge in [-0.05, 0) is 30.3 Å². The number of aromatic nitrogens is 4. The Bertz CT molecular complexity index is 755. The summed E-state index contributed by atoms with van der Waals surface area (Å²) in [4.78, 5) is 12.1. The molecule has 0 atom stereocenters. The van der Waals surface area contributed by atoms with Crippen LogP contribution >= 0.6 is 11.6 Å². The fraction of sp³-hybridized carbons (Fsp3) is 0. The zero-order valence-corrected chi connectivity index (χ0v) is 11.5. The molecule has 0 aliphatic carbocycles. The van der Waals surface area contributed by atoms with Crippen LogP contribution in [0.2, 0.25) is 5.02 Å². The third-order valence-corrected chi connectivity index (χ3v) is 3.07. The molecule has 0 radical (unpaired) electrons. The Balaban J connectivity index is 1.78. The molecule has 2 aromatic heterocycles. The summed E-state index contributed by atoms with van der Waals surface area (Å²) in [6.07, 6.45) is 3.38. The molecule has 2 heterocycles. The molecule has 0 spiro atoms. The number of hydrogen-bond donors (Lipinski definition) is 1. The molecule has 0 unspecified atom stereocenters. The summed E-state index contributed by atoms with van der Waals surface area (Å²) in [7, 11) is 0. The smallest absolute Gasteiger partial charge is 0.276 e. The molecule has 0 aliphatic rings. The summed E-state index contributed by atoms with van der Waals surface area (Å²) >= 11 is 5.99. The first-order chi connectivity index (χ1) is 10.2. The molecule has 1 amide bonds. The highest BCUT2D eigenvalue weighted by atomic mass is 35.5. The number of benzene rings is 1. The molecule has 0 saturated heterocycles. The van der Waals surface area contributed by atoms with Gasteiger partial charge in [0.25, 0.3) is 5.91 Å². The van der Waals surface area contributed by atoms with Gasteiger partial charge in [-0.15, -0.1) is 10.2 Å². The second kappa shape index (κ2) is 5.72. The van der Waals surface area contributed by atoms with Crippen molar-refractivity contribution >= 4 is 23.2 Å². The first kappa shape index (κ1) is 13.3. The van der Waals surface area contributed by atoms with Gasteiger partial charge in [-0.1, -0.05) is 23.7 Å². The molecule has 0 fully saturated rings. The van der Waals surface area contributed by atoms with Crippen LogP contribution in [0.25, 0.3) is 5.82 Å². The summed E-state index contributed by atoms with van der Waals surface area (Å²) in [6.45, 7) is 0. The molecule has 0 bridgehead atoms. The summed E-state index contributed by atoms with van der Waals surface area (Å²) in [5.41, 5.74) is 0.730. The van der Waals surface area contributed by atoms with Crippen LogP contribution in [0.4, 0.5) is 5.69 Å². The number of carbonyl (C=O) groups is 1. The number of nitrogens with one attached hydrogen (secondary N) is 1. The van der Waals surface area contributed by atoms with Crippen LogP contribution < -0.4 is 5.32 Å². The lowest BCUT2D eigenvalue weighted by molar-refractivity contribution is 0.102. The Kier molecular flexibility index (Phi) is 3.61. The van der Waals surface area contributed by atoms with Gasteiger partial charge in [0.05, 0.1) is 10.7 Å². The molecule has 1 N–H and O–H groups in total. The summed E-state index contributed by atoms with van der Waals surface area (Å²) < 4.78 is 1.56. The van der Waals surface area contributed by atoms with Gasteiger partial charge in [-0.25, -0.2) is 4.68 Å². The largest absolute Gasteiger partial charge is 0.319 e. The van der Waals surface area contributed by atoms with E-state index < -0.39 is 0 Å². The molecular weight excluding hydrogens is 290 g/mol. The summed E-state index contributed by atoms with van der Waals surface area (Å²) in [5, 5.41) is 15.0. The number of nitrogens with zero attached hydrogens (tertiary/aromatic N) is 4. The van der Waals surface area contributed by atoms with E-state index in [1.807, 2.05) is 0 Å². The third kappa shape index (κ3) is 2.90. The van der Waals surface area contributed by atoms with Crippen LogP contribution in [0.15, 0.2) is 54.9 Å². The minimum atomic E-state index is -0.373. The first-order valence-electron chi connectivity index (χ1n) is 6.14. The van der Waals surface area contributed by atoms with E-state index in [0.29, 0.717) is 16.5 Å². The number of halogens is 1. The van der Waals surface area contributed by atoms with Crippen LogP contribution in [-0.2, 0) is 0 Å². The lowest BCUT2D eigenvalue weighted by atomic mass is 10.3. The maximum absolute atomic E-state index is 12.1. The van der Waals surface area contributed by atoms with Crippen molar-refractivity contribution in [2.24, 2.45) is 0 Å². The van der Waals surface area contributed by atoms with E-state index in [1.54, 1.807) is 59.5 Å². The van der Waals surface area contributed by atoms with Crippen LogP contribution in [0.1, 0.15) is 10.5 Å². The first-order valence-corrected chi connectivity index (χ1v) is 6.51. The number of carbonyl (C=O) groups excluding carboxylic acids is 1. The zero-order valence-electron chi connectivity index (χ0n) is 10.8. The molecule has 1 aromatic carbocycles. The van der Waals surface area contributed by atoms with Crippen LogP contribution in [-0.4, -0.2) is 25.9 Å². The third-order valence-electron chi connectivity index (χ3n) is 2.74. The SMILES string of the molecule is O=C(Nc1ccccc1Cl)c1ccc(-n2cccn2)nn1. The lowest BCUT2D eigenvalue weighted by Gasteiger charge is -2.06. The van der Waals surface area contributed by atoms with Crippen LogP contribution in [0.3, 0.4) is 0 Å². The summed E-state index contributed by atoms with van der Waals surface area (Å²) in [6, 6.07) is 12.0. The van der Waals surface area contributed by atoms with E-state index in [2.05, 4.69) is 20.6 Å². The van der Waals surface area contributed by atoms with Gasteiger partial charge in [0, 0.05) is 12.4 Å². The van der Waals surface area contributed by atoms with E-state index in [0.717, 1.165) is 0 Å². The van der Waals surface area contributed by atoms with Crippen molar-refractivity contribution in [1.82, 2.24) is 20.0 Å². The highest BCUT2D eigenvalue weighted by Crippen LogP contribution is 2.20. The quantitative estimate of drug-likeness (QED) is 0.806. The second-order valence-electron chi connectivity index (χ2n) is 4.16. The van der Waals surface area contributed by atoms with Gasteiger partial charge in [-0.3, -0.25) is 4.79 Å². The fourth-order valence-electron chi connectivity index (χ4n) is 1.72. The topological polar surface area (TPSA) is 72.7 Å². The number of anilines is 1. The molecule has 0 aliphatic heterocycles. The Morgan fingerprint density at radius 2 is 1.95 bits per heavy atom. The molecule has 0 saturated carbocycles. The molecule has 21 heavy (non-hydrogen) atoms. The van der Waals surface area contributed by atoms with E-state index in [-0.39, 0.29) is 11.6 Å². The normalized spacial score (nSPS) is 10.3. The van der Waals surface area contributed by atoms with E-state index in [4.69, 9.17) is 11.6 Å². The highest BCUT2D eigenvalue weighted by Gasteiger charge is 2.10. The van der Waals surface area contributed by atoms with E-state index in [1.165, 1.54) is 0 Å². The standard InChI is InChI=1S/C14H10ClN5O/c15-10-4-1-2-5-11(10)17-14(21)12-6-7-13(19-18-12)20-9-3-8-16-20/h1-9H,(H,17,21). The van der Waals surface area contributed by atoms with Crippen molar-refractivity contribution in [2.45, 2.75) is 0 Å². The van der Waals surface area contributed by atoms with Gasteiger partial charge < -0.3 is 5.32 Å². The van der Waals surface area contributed by atoms with Crippen molar-refractivity contribution in [3.63, 3.8) is 0 Å². The van der Waals surface area contributed by atoms with Gasteiger partial charge in [-0.2, -0.15) is 5.10 Å². The Hall–Kier alpha value is -2.73. The predicted molar refractivity (Wildman–Crippen MR) is 78.6 cm³/mol. The minimum absolute atomic E-state index is 0.200.